The van der Waals surface area contributed by atoms with Gasteiger partial charge in [0.1, 0.15) is 18.3 Å². The van der Waals surface area contributed by atoms with Gasteiger partial charge in [-0.25, -0.2) is 0 Å². The fraction of sp³-hybridized carbons (Fsp3) is 0.889. The summed E-state index contributed by atoms with van der Waals surface area (Å²) in [5.74, 6) is -1.06. The molecule has 0 aromatic carbocycles. The van der Waals surface area contributed by atoms with Crippen LogP contribution in [0.15, 0.2) is 0 Å². The van der Waals surface area contributed by atoms with Gasteiger partial charge in [0, 0.05) is 19.5 Å². The van der Waals surface area contributed by atoms with Crippen molar-refractivity contribution in [2.45, 2.75) is 82.7 Å². The highest BCUT2D eigenvalue weighted by Crippen LogP contribution is 2.08. The molecule has 0 heterocycles. The van der Waals surface area contributed by atoms with Crippen LogP contribution in [0.1, 0.15) is 58.3 Å². The molecule has 9 nitrogen and oxygen atoms in total. The Balaban J connectivity index is 3.81. The molecule has 0 spiro atoms. The van der Waals surface area contributed by atoms with E-state index in [1.54, 1.807) is 0 Å². The van der Waals surface area contributed by atoms with E-state index in [1.165, 1.54) is 25.7 Å². The van der Waals surface area contributed by atoms with Gasteiger partial charge in [-0.2, -0.15) is 0 Å². The van der Waals surface area contributed by atoms with Gasteiger partial charge in [0.25, 0.3) is 5.91 Å². The van der Waals surface area contributed by atoms with Gasteiger partial charge in [-0.05, 0) is 6.42 Å². The summed E-state index contributed by atoms with van der Waals surface area (Å²) in [7, 11) is 0. The van der Waals surface area contributed by atoms with Gasteiger partial charge < -0.3 is 36.2 Å². The molecule has 7 N–H and O–H groups in total. The van der Waals surface area contributed by atoms with Crippen molar-refractivity contribution in [1.82, 2.24) is 10.6 Å². The van der Waals surface area contributed by atoms with E-state index in [0.29, 0.717) is 6.42 Å². The lowest BCUT2D eigenvalue weighted by atomic mass is 10.0. The van der Waals surface area contributed by atoms with Crippen LogP contribution in [0, 0.1) is 0 Å². The Kier molecular flexibility index (Phi) is 15.0. The zero-order valence-electron chi connectivity index (χ0n) is 16.1. The fourth-order valence-corrected chi connectivity index (χ4v) is 2.50. The summed E-state index contributed by atoms with van der Waals surface area (Å²) in [5, 5.41) is 51.5. The molecule has 2 amide bonds. The number of amides is 2. The molecule has 0 aromatic rings. The summed E-state index contributed by atoms with van der Waals surface area (Å²) in [6.07, 6.45) is 0.821. The number of aliphatic hydroxyl groups is 5. The number of rotatable bonds is 16. The largest absolute Gasteiger partial charge is 0.394 e. The Bertz CT molecular complexity index is 409. The van der Waals surface area contributed by atoms with Crippen molar-refractivity contribution in [2.24, 2.45) is 0 Å². The van der Waals surface area contributed by atoms with Gasteiger partial charge in [-0.3, -0.25) is 9.59 Å². The van der Waals surface area contributed by atoms with E-state index in [2.05, 4.69) is 17.6 Å². The van der Waals surface area contributed by atoms with E-state index in [0.717, 1.165) is 19.3 Å². The van der Waals surface area contributed by atoms with Crippen LogP contribution in [0.3, 0.4) is 0 Å². The fourth-order valence-electron chi connectivity index (χ4n) is 2.50. The normalized spacial score (nSPS) is 15.6. The molecule has 0 radical (unpaired) electrons. The zero-order chi connectivity index (χ0) is 20.7. The minimum Gasteiger partial charge on any atom is -0.394 e. The predicted octanol–water partition coefficient (Wildman–Crippen LogP) is -1.20. The predicted molar refractivity (Wildman–Crippen MR) is 99.7 cm³/mol. The molecule has 0 rings (SSSR count). The monoisotopic (exact) mass is 392 g/mol. The van der Waals surface area contributed by atoms with Crippen LogP contribution in [0.5, 0.6) is 0 Å². The summed E-state index contributed by atoms with van der Waals surface area (Å²) in [4.78, 5) is 23.3. The van der Waals surface area contributed by atoms with Crippen LogP contribution >= 0.6 is 0 Å². The SMILES string of the molecule is CCCCCCCCCC(=O)NCCNC(=O)[C@H](O)[C@@H](O)[C@H](O)[C@H](O)CO. The van der Waals surface area contributed by atoms with Crippen molar-refractivity contribution in [1.29, 1.82) is 0 Å². The molecule has 0 bridgehead atoms. The summed E-state index contributed by atoms with van der Waals surface area (Å²) < 4.78 is 0. The molecule has 27 heavy (non-hydrogen) atoms. The van der Waals surface area contributed by atoms with Crippen LogP contribution in [-0.4, -0.2) is 81.5 Å². The van der Waals surface area contributed by atoms with Crippen LogP contribution < -0.4 is 10.6 Å². The molecule has 0 aliphatic carbocycles. The van der Waals surface area contributed by atoms with Crippen molar-refractivity contribution in [3.8, 4) is 0 Å². The first-order chi connectivity index (χ1) is 12.8. The van der Waals surface area contributed by atoms with Crippen molar-refractivity contribution < 1.29 is 35.1 Å². The molecule has 0 fully saturated rings. The average molecular weight is 392 g/mol. The quantitative estimate of drug-likeness (QED) is 0.162. The molecule has 9 heteroatoms. The van der Waals surface area contributed by atoms with Gasteiger partial charge in [-0.15, -0.1) is 0 Å². The minimum absolute atomic E-state index is 0.0457. The van der Waals surface area contributed by atoms with E-state index in [4.69, 9.17) is 5.11 Å². The van der Waals surface area contributed by atoms with E-state index in [9.17, 15) is 30.0 Å². The van der Waals surface area contributed by atoms with Gasteiger partial charge in [0.05, 0.1) is 6.61 Å². The highest BCUT2D eigenvalue weighted by atomic mass is 16.4. The van der Waals surface area contributed by atoms with Crippen LogP contribution in [0.4, 0.5) is 0 Å². The van der Waals surface area contributed by atoms with E-state index in [1.807, 2.05) is 0 Å². The van der Waals surface area contributed by atoms with Crippen molar-refractivity contribution in [3.63, 3.8) is 0 Å². The molecule has 0 saturated heterocycles. The third-order valence-electron chi connectivity index (χ3n) is 4.28. The number of carbonyl (C=O) groups excluding carboxylic acids is 2. The molecular weight excluding hydrogens is 356 g/mol. The lowest BCUT2D eigenvalue weighted by molar-refractivity contribution is -0.148. The number of carbonyl (C=O) groups is 2. The van der Waals surface area contributed by atoms with E-state index >= 15 is 0 Å². The number of aliphatic hydroxyl groups excluding tert-OH is 5. The highest BCUT2D eigenvalue weighted by Gasteiger charge is 2.33. The van der Waals surface area contributed by atoms with Crippen molar-refractivity contribution in [3.05, 3.63) is 0 Å². The Labute approximate surface area is 160 Å². The molecule has 4 atom stereocenters. The van der Waals surface area contributed by atoms with Gasteiger partial charge in [0.2, 0.25) is 5.91 Å². The Morgan fingerprint density at radius 3 is 1.96 bits per heavy atom. The third kappa shape index (κ3) is 11.9. The Morgan fingerprint density at radius 2 is 1.37 bits per heavy atom. The van der Waals surface area contributed by atoms with E-state index in [-0.39, 0.29) is 19.0 Å². The maximum Gasteiger partial charge on any atom is 0.251 e. The van der Waals surface area contributed by atoms with Crippen LogP contribution in [-0.2, 0) is 9.59 Å². The van der Waals surface area contributed by atoms with Crippen LogP contribution in [0.25, 0.3) is 0 Å². The Morgan fingerprint density at radius 1 is 0.815 bits per heavy atom. The molecule has 0 aromatic heterocycles. The van der Waals surface area contributed by atoms with Gasteiger partial charge in [-0.1, -0.05) is 45.4 Å². The highest BCUT2D eigenvalue weighted by molar-refractivity contribution is 5.81. The second-order valence-corrected chi connectivity index (χ2v) is 6.69. The molecule has 160 valence electrons. The molecular formula is C18H36N2O7. The number of hydrogen-bond donors (Lipinski definition) is 7. The smallest absolute Gasteiger partial charge is 0.251 e. The van der Waals surface area contributed by atoms with Crippen molar-refractivity contribution in [2.75, 3.05) is 19.7 Å². The molecule has 0 aliphatic rings. The number of nitrogens with one attached hydrogen (secondary N) is 2. The Hall–Kier alpha value is -1.26. The second-order valence-electron chi connectivity index (χ2n) is 6.69. The van der Waals surface area contributed by atoms with Gasteiger partial charge in [0.15, 0.2) is 6.10 Å². The maximum absolute atomic E-state index is 11.7. The first kappa shape index (κ1) is 25.7. The first-order valence-corrected chi connectivity index (χ1v) is 9.72. The first-order valence-electron chi connectivity index (χ1n) is 9.72. The zero-order valence-corrected chi connectivity index (χ0v) is 16.1. The summed E-state index contributed by atoms with van der Waals surface area (Å²) in [6.45, 7) is 1.56. The summed E-state index contributed by atoms with van der Waals surface area (Å²) in [5.41, 5.74) is 0. The third-order valence-corrected chi connectivity index (χ3v) is 4.28. The molecule has 0 unspecified atom stereocenters. The topological polar surface area (TPSA) is 159 Å². The standard InChI is InChI=1S/C18H36N2O7/c1-2-3-4-5-6-7-8-9-14(23)19-10-11-20-18(27)17(26)16(25)15(24)13(22)12-21/h13,15-17,21-22,24-26H,2-12H2,1H3,(H,19,23)(H,20,27)/t13-,15-,16+,17-/m1/s1. The van der Waals surface area contributed by atoms with Crippen molar-refractivity contribution >= 4 is 11.8 Å². The summed E-state index contributed by atoms with van der Waals surface area (Å²) in [6, 6.07) is 0. The second kappa shape index (κ2) is 15.8. The lowest BCUT2D eigenvalue weighted by Gasteiger charge is -2.24. The molecule has 0 saturated carbocycles. The summed E-state index contributed by atoms with van der Waals surface area (Å²) >= 11 is 0. The van der Waals surface area contributed by atoms with E-state index < -0.39 is 36.9 Å². The number of unbranched alkanes of at least 4 members (excludes halogenated alkanes) is 6. The maximum atomic E-state index is 11.7. The van der Waals surface area contributed by atoms with Gasteiger partial charge >= 0.3 is 0 Å². The van der Waals surface area contributed by atoms with Crippen LogP contribution in [0.2, 0.25) is 0 Å². The number of hydrogen-bond acceptors (Lipinski definition) is 7. The molecule has 0 aliphatic heterocycles. The lowest BCUT2D eigenvalue weighted by Crippen LogP contribution is -2.52. The minimum atomic E-state index is -1.97. The average Bonchev–Trinajstić information content (AvgIpc) is 2.67.